The van der Waals surface area contributed by atoms with E-state index in [1.165, 1.54) is 0 Å². The molecule has 0 N–H and O–H groups in total. The fraction of sp³-hybridized carbons (Fsp3) is 1.00. The standard InChI is InChI=1S/C7H16O3S.Au/c1-8-2-3-9-4-5-10-6-7-11;/h11H,2-7H2,1H3;/q;+1/p-1. The molecule has 12 heavy (non-hydrogen) atoms. The van der Waals surface area contributed by atoms with Crippen LogP contribution in [0.4, 0.5) is 0 Å². The van der Waals surface area contributed by atoms with Crippen molar-refractivity contribution in [3.63, 3.8) is 0 Å². The SMILES string of the molecule is COCCOCCOCC[S-].[Au+]. The Morgan fingerprint density at radius 3 is 1.92 bits per heavy atom. The zero-order valence-corrected chi connectivity index (χ0v) is 10.2. The first-order valence-electron chi connectivity index (χ1n) is 3.64. The van der Waals surface area contributed by atoms with Crippen LogP contribution in [0, 0.1) is 0 Å². The third kappa shape index (κ3) is 13.6. The van der Waals surface area contributed by atoms with Gasteiger partial charge < -0.3 is 26.8 Å². The van der Waals surface area contributed by atoms with Crippen molar-refractivity contribution in [2.24, 2.45) is 0 Å². The number of ether oxygens (including phenoxy) is 3. The summed E-state index contributed by atoms with van der Waals surface area (Å²) in [6.07, 6.45) is 0. The number of methoxy groups -OCH3 is 1. The molecule has 0 aromatic heterocycles. The first-order valence-corrected chi connectivity index (χ1v) is 4.22. The molecule has 3 nitrogen and oxygen atoms in total. The maximum atomic E-state index is 5.14. The quantitative estimate of drug-likeness (QED) is 0.344. The predicted octanol–water partition coefficient (Wildman–Crippen LogP) is 0.210. The normalized spacial score (nSPS) is 9.50. The van der Waals surface area contributed by atoms with Crippen molar-refractivity contribution in [1.82, 2.24) is 0 Å². The minimum absolute atomic E-state index is 0. The topological polar surface area (TPSA) is 27.7 Å². The van der Waals surface area contributed by atoms with Gasteiger partial charge in [-0.05, 0) is 0 Å². The van der Waals surface area contributed by atoms with E-state index >= 15 is 0 Å². The van der Waals surface area contributed by atoms with E-state index in [9.17, 15) is 0 Å². The number of hydrogen-bond acceptors (Lipinski definition) is 4. The molecule has 0 heterocycles. The summed E-state index contributed by atoms with van der Waals surface area (Å²) in [7, 11) is 1.65. The van der Waals surface area contributed by atoms with Crippen molar-refractivity contribution >= 4 is 12.6 Å². The molecule has 0 spiro atoms. The molecule has 0 bridgehead atoms. The maximum absolute atomic E-state index is 5.14. The van der Waals surface area contributed by atoms with Crippen molar-refractivity contribution in [2.45, 2.75) is 0 Å². The Bertz CT molecular complexity index is 67.7. The molecule has 0 aromatic carbocycles. The summed E-state index contributed by atoms with van der Waals surface area (Å²) in [4.78, 5) is 0. The molecule has 0 fully saturated rings. The second-order valence-electron chi connectivity index (χ2n) is 1.92. The summed E-state index contributed by atoms with van der Waals surface area (Å²) in [5.41, 5.74) is 0. The van der Waals surface area contributed by atoms with Crippen LogP contribution >= 0.6 is 0 Å². The Morgan fingerprint density at radius 2 is 1.42 bits per heavy atom. The summed E-state index contributed by atoms with van der Waals surface area (Å²) >= 11 is 4.69. The van der Waals surface area contributed by atoms with E-state index in [2.05, 4.69) is 12.6 Å². The third-order valence-electron chi connectivity index (χ3n) is 1.03. The second kappa shape index (κ2) is 14.5. The van der Waals surface area contributed by atoms with Crippen LogP contribution in [-0.4, -0.2) is 45.9 Å². The molecule has 0 aliphatic heterocycles. The minimum atomic E-state index is 0. The monoisotopic (exact) mass is 376 g/mol. The molecular formula is C7H15AuO3S. The molecule has 0 aliphatic carbocycles. The maximum Gasteiger partial charge on any atom is 1.00 e. The zero-order chi connectivity index (χ0) is 8.36. The van der Waals surface area contributed by atoms with Crippen molar-refractivity contribution < 1.29 is 36.6 Å². The van der Waals surface area contributed by atoms with Gasteiger partial charge in [-0.25, -0.2) is 0 Å². The van der Waals surface area contributed by atoms with Gasteiger partial charge in [0.1, 0.15) is 0 Å². The van der Waals surface area contributed by atoms with Crippen molar-refractivity contribution in [1.29, 1.82) is 0 Å². The van der Waals surface area contributed by atoms with E-state index in [4.69, 9.17) is 14.2 Å². The van der Waals surface area contributed by atoms with E-state index in [0.717, 1.165) is 0 Å². The fourth-order valence-electron chi connectivity index (χ4n) is 0.523. The van der Waals surface area contributed by atoms with E-state index in [1.807, 2.05) is 0 Å². The van der Waals surface area contributed by atoms with E-state index in [0.29, 0.717) is 38.8 Å². The molecule has 0 atom stereocenters. The Balaban J connectivity index is 0. The van der Waals surface area contributed by atoms with Gasteiger partial charge in [0.05, 0.1) is 26.4 Å². The Labute approximate surface area is 95.1 Å². The van der Waals surface area contributed by atoms with Gasteiger partial charge in [0, 0.05) is 13.7 Å². The van der Waals surface area contributed by atoms with Crippen LogP contribution in [0.1, 0.15) is 0 Å². The van der Waals surface area contributed by atoms with Crippen LogP contribution in [0.3, 0.4) is 0 Å². The Kier molecular flexibility index (Phi) is 18.6. The number of rotatable bonds is 8. The Morgan fingerprint density at radius 1 is 0.917 bits per heavy atom. The molecule has 0 saturated heterocycles. The van der Waals surface area contributed by atoms with Crippen molar-refractivity contribution in [3.05, 3.63) is 0 Å². The van der Waals surface area contributed by atoms with Gasteiger partial charge in [-0.15, -0.1) is 0 Å². The second-order valence-corrected chi connectivity index (χ2v) is 2.33. The summed E-state index contributed by atoms with van der Waals surface area (Å²) < 4.78 is 15.0. The first-order chi connectivity index (χ1) is 5.41. The van der Waals surface area contributed by atoms with Crippen molar-refractivity contribution in [3.8, 4) is 0 Å². The molecule has 0 rings (SSSR count). The number of hydrogen-bond donors (Lipinski definition) is 0. The van der Waals surface area contributed by atoms with Gasteiger partial charge in [0.25, 0.3) is 0 Å². The van der Waals surface area contributed by atoms with Gasteiger partial charge >= 0.3 is 22.4 Å². The van der Waals surface area contributed by atoms with E-state index < -0.39 is 0 Å². The van der Waals surface area contributed by atoms with E-state index in [-0.39, 0.29) is 22.4 Å². The Hall–Kier alpha value is 0.970. The van der Waals surface area contributed by atoms with Gasteiger partial charge in [-0.3, -0.25) is 0 Å². The van der Waals surface area contributed by atoms with Gasteiger partial charge in [0.2, 0.25) is 0 Å². The molecule has 0 aliphatic rings. The van der Waals surface area contributed by atoms with Crippen LogP contribution in [-0.2, 0) is 49.2 Å². The third-order valence-corrected chi connectivity index (χ3v) is 1.20. The van der Waals surface area contributed by atoms with E-state index in [1.54, 1.807) is 7.11 Å². The molecule has 0 aromatic rings. The molecule has 0 unspecified atom stereocenters. The zero-order valence-electron chi connectivity index (χ0n) is 7.18. The summed E-state index contributed by atoms with van der Waals surface area (Å²) in [6, 6.07) is 0. The van der Waals surface area contributed by atoms with Crippen LogP contribution in [0.25, 0.3) is 0 Å². The summed E-state index contributed by atoms with van der Waals surface area (Å²) in [5, 5.41) is 0. The molecule has 78 valence electrons. The average Bonchev–Trinajstić information content (AvgIpc) is 2.03. The summed E-state index contributed by atoms with van der Waals surface area (Å²) in [6.45, 7) is 3.16. The average molecular weight is 376 g/mol. The summed E-state index contributed by atoms with van der Waals surface area (Å²) in [5.74, 6) is 0.651. The minimum Gasteiger partial charge on any atom is -0.790 e. The molecule has 0 saturated carbocycles. The van der Waals surface area contributed by atoms with Crippen LogP contribution in [0.15, 0.2) is 0 Å². The van der Waals surface area contributed by atoms with Gasteiger partial charge in [-0.2, -0.15) is 5.75 Å². The van der Waals surface area contributed by atoms with Crippen LogP contribution in [0.2, 0.25) is 0 Å². The molecule has 5 heteroatoms. The first kappa shape index (κ1) is 15.4. The fourth-order valence-corrected chi connectivity index (χ4v) is 0.641. The predicted molar refractivity (Wildman–Crippen MR) is 45.7 cm³/mol. The largest absolute Gasteiger partial charge is 1.00 e. The smallest absolute Gasteiger partial charge is 0.790 e. The molecular weight excluding hydrogens is 361 g/mol. The molecule has 0 amide bonds. The van der Waals surface area contributed by atoms with Crippen LogP contribution in [0.5, 0.6) is 0 Å². The van der Waals surface area contributed by atoms with Gasteiger partial charge in [0.15, 0.2) is 0 Å². The van der Waals surface area contributed by atoms with Crippen LogP contribution < -0.4 is 0 Å². The van der Waals surface area contributed by atoms with Gasteiger partial charge in [-0.1, -0.05) is 0 Å². The van der Waals surface area contributed by atoms with Crippen molar-refractivity contribution in [2.75, 3.05) is 45.9 Å². The molecule has 0 radical (unpaired) electrons.